The molecule has 1 saturated carbocycles. The summed E-state index contributed by atoms with van der Waals surface area (Å²) in [5.74, 6) is 0.263. The molecule has 1 saturated heterocycles. The lowest BCUT2D eigenvalue weighted by Crippen LogP contribution is -2.69. The minimum atomic E-state index is -3.84. The van der Waals surface area contributed by atoms with Gasteiger partial charge in [0.1, 0.15) is 5.54 Å². The van der Waals surface area contributed by atoms with E-state index in [1.54, 1.807) is 22.5 Å². The molecule has 28 heavy (non-hydrogen) atoms. The first-order chi connectivity index (χ1) is 13.2. The van der Waals surface area contributed by atoms with Gasteiger partial charge in [-0.15, -0.1) is 6.58 Å². The first-order valence-corrected chi connectivity index (χ1v) is 12.4. The van der Waals surface area contributed by atoms with Crippen LogP contribution in [0, 0.1) is 18.8 Å². The zero-order chi connectivity index (χ0) is 20.7. The van der Waals surface area contributed by atoms with Crippen molar-refractivity contribution in [3.8, 4) is 0 Å². The molecular weight excluding hydrogens is 438 g/mol. The quantitative estimate of drug-likeness (QED) is 0.458. The second kappa shape index (κ2) is 8.04. The van der Waals surface area contributed by atoms with Crippen molar-refractivity contribution in [2.24, 2.45) is 11.8 Å². The van der Waals surface area contributed by atoms with Gasteiger partial charge in [-0.05, 0) is 56.6 Å². The number of piperidine rings is 1. The average molecular weight is 468 g/mol. The number of carbonyl (C=O) groups excluding carboxylic acids is 1. The van der Waals surface area contributed by atoms with Gasteiger partial charge in [0, 0.05) is 17.3 Å². The third-order valence-corrected chi connectivity index (χ3v) is 9.58. The van der Waals surface area contributed by atoms with Gasteiger partial charge < -0.3 is 0 Å². The van der Waals surface area contributed by atoms with Crippen molar-refractivity contribution < 1.29 is 13.2 Å². The van der Waals surface area contributed by atoms with Gasteiger partial charge >= 0.3 is 0 Å². The predicted molar refractivity (Wildman–Crippen MR) is 116 cm³/mol. The Balaban J connectivity index is 2.24. The Morgan fingerprint density at radius 2 is 1.89 bits per heavy atom. The van der Waals surface area contributed by atoms with E-state index < -0.39 is 15.6 Å². The summed E-state index contributed by atoms with van der Waals surface area (Å²) in [6.45, 7) is 9.97. The molecule has 2 fully saturated rings. The lowest BCUT2D eigenvalue weighted by atomic mass is 9.72. The van der Waals surface area contributed by atoms with E-state index >= 15 is 0 Å². The number of benzene rings is 1. The zero-order valence-electron chi connectivity index (χ0n) is 16.9. The van der Waals surface area contributed by atoms with E-state index in [1.807, 2.05) is 19.1 Å². The third kappa shape index (κ3) is 3.31. The molecule has 2 aliphatic rings. The predicted octanol–water partition coefficient (Wildman–Crippen LogP) is 4.86. The van der Waals surface area contributed by atoms with E-state index in [-0.39, 0.29) is 33.4 Å². The summed E-state index contributed by atoms with van der Waals surface area (Å²) in [6, 6.07) is 6.69. The molecular formula is C22H30BrNO3S. The van der Waals surface area contributed by atoms with Crippen LogP contribution in [0.5, 0.6) is 0 Å². The lowest BCUT2D eigenvalue weighted by Gasteiger charge is -2.53. The highest BCUT2D eigenvalue weighted by Crippen LogP contribution is 2.53. The molecule has 4 nitrogen and oxygen atoms in total. The van der Waals surface area contributed by atoms with E-state index in [9.17, 15) is 13.2 Å². The molecule has 0 radical (unpaired) electrons. The summed E-state index contributed by atoms with van der Waals surface area (Å²) in [5, 5.41) is 0. The molecule has 0 aromatic heterocycles. The van der Waals surface area contributed by atoms with E-state index in [4.69, 9.17) is 0 Å². The molecule has 154 valence electrons. The molecule has 0 amide bonds. The van der Waals surface area contributed by atoms with Gasteiger partial charge in [-0.3, -0.25) is 4.79 Å². The summed E-state index contributed by atoms with van der Waals surface area (Å²) < 4.78 is 29.4. The highest BCUT2D eigenvalue weighted by atomic mass is 79.9. The molecule has 4 atom stereocenters. The molecule has 1 unspecified atom stereocenters. The smallest absolute Gasteiger partial charge is 0.244 e. The highest BCUT2D eigenvalue weighted by Gasteiger charge is 2.64. The maximum Gasteiger partial charge on any atom is 0.244 e. The van der Waals surface area contributed by atoms with Gasteiger partial charge in [0.25, 0.3) is 0 Å². The number of hydrogen-bond donors (Lipinski definition) is 0. The SMILES string of the molecule is C=CC[C@H]1CC[C@H](Br)[C@]2(C(=O)CCC2C(C)C)N1S(=O)(=O)c1ccc(C)cc1. The monoisotopic (exact) mass is 467 g/mol. The zero-order valence-corrected chi connectivity index (χ0v) is 19.3. The number of carbonyl (C=O) groups is 1. The maximum absolute atomic E-state index is 13.9. The topological polar surface area (TPSA) is 54.5 Å². The maximum atomic E-state index is 13.9. The van der Waals surface area contributed by atoms with Crippen molar-refractivity contribution in [1.29, 1.82) is 0 Å². The van der Waals surface area contributed by atoms with Crippen LogP contribution in [0.15, 0.2) is 41.8 Å². The Labute approximate surface area is 177 Å². The molecule has 1 heterocycles. The Morgan fingerprint density at radius 1 is 1.25 bits per heavy atom. The summed E-state index contributed by atoms with van der Waals surface area (Å²) in [6.07, 6.45) is 4.99. The van der Waals surface area contributed by atoms with Crippen LogP contribution in [0.25, 0.3) is 0 Å². The van der Waals surface area contributed by atoms with Gasteiger partial charge in [-0.1, -0.05) is 53.5 Å². The number of ketones is 1. The van der Waals surface area contributed by atoms with Gasteiger partial charge in [0.05, 0.1) is 4.90 Å². The third-order valence-electron chi connectivity index (χ3n) is 6.44. The van der Waals surface area contributed by atoms with E-state index in [1.165, 1.54) is 0 Å². The van der Waals surface area contributed by atoms with E-state index in [2.05, 4.69) is 36.4 Å². The molecule has 1 aromatic carbocycles. The van der Waals surface area contributed by atoms with Crippen molar-refractivity contribution in [1.82, 2.24) is 4.31 Å². The van der Waals surface area contributed by atoms with Crippen LogP contribution in [0.4, 0.5) is 0 Å². The fourth-order valence-electron chi connectivity index (χ4n) is 5.19. The largest absolute Gasteiger partial charge is 0.298 e. The first-order valence-electron chi connectivity index (χ1n) is 10.1. The number of aryl methyl sites for hydroxylation is 1. The summed E-state index contributed by atoms with van der Waals surface area (Å²) >= 11 is 3.76. The molecule has 1 aliphatic heterocycles. The standard InChI is InChI=1S/C22H30BrNO3S/c1-5-6-17-9-13-20(23)22(19(15(2)3)12-14-21(22)25)24(17)28(26,27)18-10-7-16(4)8-11-18/h5,7-8,10-11,15,17,19-20H,1,6,9,12-14H2,2-4H3/t17-,19?,20-,22+/m0/s1. The van der Waals surface area contributed by atoms with Crippen molar-refractivity contribution >= 4 is 31.7 Å². The number of hydrogen-bond acceptors (Lipinski definition) is 3. The summed E-state index contributed by atoms with van der Waals surface area (Å²) in [5.41, 5.74) is -0.0191. The molecule has 1 aromatic rings. The second-order valence-electron chi connectivity index (χ2n) is 8.47. The van der Waals surface area contributed by atoms with Gasteiger partial charge in [0.15, 0.2) is 5.78 Å². The average Bonchev–Trinajstić information content (AvgIpc) is 2.96. The van der Waals surface area contributed by atoms with E-state index in [0.717, 1.165) is 18.4 Å². The van der Waals surface area contributed by atoms with Crippen LogP contribution in [0.3, 0.4) is 0 Å². The molecule has 1 aliphatic carbocycles. The number of nitrogens with zero attached hydrogens (tertiary/aromatic N) is 1. The van der Waals surface area contributed by atoms with Crippen molar-refractivity contribution in [3.05, 3.63) is 42.5 Å². The van der Waals surface area contributed by atoms with Crippen molar-refractivity contribution in [2.75, 3.05) is 0 Å². The van der Waals surface area contributed by atoms with Crippen LogP contribution in [0.2, 0.25) is 0 Å². The lowest BCUT2D eigenvalue weighted by molar-refractivity contribution is -0.130. The van der Waals surface area contributed by atoms with Crippen LogP contribution in [-0.2, 0) is 14.8 Å². The number of Topliss-reactive ketones (excluding diaryl/α,β-unsaturated/α-hetero) is 1. The normalized spacial score (nSPS) is 31.6. The summed E-state index contributed by atoms with van der Waals surface area (Å²) in [4.78, 5) is 13.5. The minimum absolute atomic E-state index is 0.00258. The van der Waals surface area contributed by atoms with Crippen LogP contribution in [-0.4, -0.2) is 34.9 Å². The first kappa shape index (κ1) is 21.7. The van der Waals surface area contributed by atoms with Gasteiger partial charge in [-0.2, -0.15) is 4.31 Å². The molecule has 0 N–H and O–H groups in total. The Hall–Kier alpha value is -0.980. The number of rotatable bonds is 5. The second-order valence-corrected chi connectivity index (χ2v) is 11.4. The van der Waals surface area contributed by atoms with Crippen LogP contribution < -0.4 is 0 Å². The summed E-state index contributed by atoms with van der Waals surface area (Å²) in [7, 11) is -3.84. The van der Waals surface area contributed by atoms with Crippen molar-refractivity contribution in [3.63, 3.8) is 0 Å². The van der Waals surface area contributed by atoms with Gasteiger partial charge in [0.2, 0.25) is 10.0 Å². The fraction of sp³-hybridized carbons (Fsp3) is 0.591. The molecule has 0 bridgehead atoms. The number of halogens is 1. The number of alkyl halides is 1. The van der Waals surface area contributed by atoms with Gasteiger partial charge in [-0.25, -0.2) is 8.42 Å². The highest BCUT2D eigenvalue weighted by molar-refractivity contribution is 9.09. The molecule has 3 rings (SSSR count). The van der Waals surface area contributed by atoms with Crippen LogP contribution >= 0.6 is 15.9 Å². The Bertz CT molecular complexity index is 849. The molecule has 6 heteroatoms. The Morgan fingerprint density at radius 3 is 2.46 bits per heavy atom. The van der Waals surface area contributed by atoms with E-state index in [0.29, 0.717) is 19.3 Å². The number of sulfonamides is 1. The van der Waals surface area contributed by atoms with Crippen LogP contribution in [0.1, 0.15) is 51.5 Å². The Kier molecular flexibility index (Phi) is 6.23. The minimum Gasteiger partial charge on any atom is -0.298 e. The van der Waals surface area contributed by atoms with Crippen molar-refractivity contribution in [2.45, 2.75) is 74.2 Å². The fourth-order valence-corrected chi connectivity index (χ4v) is 8.46. The molecule has 1 spiro atoms.